The van der Waals surface area contributed by atoms with Crippen molar-refractivity contribution in [3.05, 3.63) is 41.1 Å². The van der Waals surface area contributed by atoms with Gasteiger partial charge >= 0.3 is 6.03 Å². The van der Waals surface area contributed by atoms with Crippen LogP contribution in [0.4, 0.5) is 15.5 Å². The van der Waals surface area contributed by atoms with Crippen LogP contribution in [0.1, 0.15) is 36.0 Å². The number of thiophene rings is 1. The number of anilines is 2. The molecule has 2 aromatic heterocycles. The minimum Gasteiger partial charge on any atom is -0.443 e. The molecular formula is C21H24N4O5S2. The number of fused-ring (bicyclic) bond motifs is 1. The lowest BCUT2D eigenvalue weighted by atomic mass is 9.94. The maximum Gasteiger partial charge on any atom is 0.324 e. The molecule has 1 aliphatic heterocycles. The number of hydrogen-bond acceptors (Lipinski definition) is 7. The maximum absolute atomic E-state index is 13.2. The van der Waals surface area contributed by atoms with Gasteiger partial charge in [-0.15, -0.1) is 11.3 Å². The van der Waals surface area contributed by atoms with Crippen molar-refractivity contribution in [3.63, 3.8) is 0 Å². The van der Waals surface area contributed by atoms with Gasteiger partial charge in [-0.1, -0.05) is 20.8 Å². The first-order chi connectivity index (χ1) is 15.0. The van der Waals surface area contributed by atoms with Crippen LogP contribution in [0, 0.1) is 0 Å². The molecule has 0 atom stereocenters. The molecular weight excluding hydrogens is 452 g/mol. The van der Waals surface area contributed by atoms with Gasteiger partial charge in [0.1, 0.15) is 10.5 Å². The molecule has 9 nitrogen and oxygen atoms in total. The zero-order valence-corrected chi connectivity index (χ0v) is 19.6. The molecule has 0 aliphatic carbocycles. The second-order valence-electron chi connectivity index (χ2n) is 8.66. The number of nitrogens with one attached hydrogen (secondary N) is 2. The van der Waals surface area contributed by atoms with Gasteiger partial charge in [0.25, 0.3) is 5.91 Å². The Labute approximate surface area is 189 Å². The van der Waals surface area contributed by atoms with E-state index in [1.807, 2.05) is 20.8 Å². The standard InChI is InChI=1S/C21H24N4O5S2/c1-21(2,3)17-11-14(19(26)25-6-8-32(28,29)9-7-25)18(31-17)24-20(27)23-13-4-5-16-15(10-13)22-12-30-16/h4-5,10-12H,6-9H2,1-3H3,(H2,23,24,27). The summed E-state index contributed by atoms with van der Waals surface area (Å²) >= 11 is 1.34. The molecule has 170 valence electrons. The van der Waals surface area contributed by atoms with E-state index < -0.39 is 15.9 Å². The van der Waals surface area contributed by atoms with Crippen LogP contribution >= 0.6 is 11.3 Å². The topological polar surface area (TPSA) is 122 Å². The lowest BCUT2D eigenvalue weighted by Gasteiger charge is -2.26. The summed E-state index contributed by atoms with van der Waals surface area (Å²) in [7, 11) is -3.11. The predicted molar refractivity (Wildman–Crippen MR) is 124 cm³/mol. The number of nitrogens with zero attached hydrogens (tertiary/aromatic N) is 2. The number of amides is 3. The van der Waals surface area contributed by atoms with Gasteiger partial charge in [0.15, 0.2) is 21.8 Å². The van der Waals surface area contributed by atoms with Crippen molar-refractivity contribution in [3.8, 4) is 0 Å². The number of carbonyl (C=O) groups excluding carboxylic acids is 2. The van der Waals surface area contributed by atoms with E-state index >= 15 is 0 Å². The van der Waals surface area contributed by atoms with Crippen LogP contribution in [-0.4, -0.2) is 54.8 Å². The van der Waals surface area contributed by atoms with E-state index in [2.05, 4.69) is 15.6 Å². The highest BCUT2D eigenvalue weighted by Crippen LogP contribution is 2.37. The number of sulfone groups is 1. The molecule has 4 rings (SSSR count). The largest absolute Gasteiger partial charge is 0.443 e. The number of carbonyl (C=O) groups is 2. The Kier molecular flexibility index (Phi) is 5.72. The molecule has 0 bridgehead atoms. The Bertz CT molecular complexity index is 1270. The number of oxazole rings is 1. The summed E-state index contributed by atoms with van der Waals surface area (Å²) in [6.07, 6.45) is 1.33. The SMILES string of the molecule is CC(C)(C)c1cc(C(=O)N2CCS(=O)(=O)CC2)c(NC(=O)Nc2ccc3ocnc3c2)s1. The van der Waals surface area contributed by atoms with Gasteiger partial charge in [0.05, 0.1) is 17.1 Å². The minimum atomic E-state index is -3.11. The molecule has 1 saturated heterocycles. The van der Waals surface area contributed by atoms with Gasteiger partial charge in [0.2, 0.25) is 0 Å². The smallest absolute Gasteiger partial charge is 0.324 e. The van der Waals surface area contributed by atoms with Crippen molar-refractivity contribution in [1.82, 2.24) is 9.88 Å². The van der Waals surface area contributed by atoms with E-state index in [0.717, 1.165) is 4.88 Å². The second kappa shape index (κ2) is 8.21. The third kappa shape index (κ3) is 4.78. The number of urea groups is 1. The van der Waals surface area contributed by atoms with E-state index in [0.29, 0.717) is 27.4 Å². The number of rotatable bonds is 3. The second-order valence-corrected chi connectivity index (χ2v) is 12.0. The average molecular weight is 477 g/mol. The van der Waals surface area contributed by atoms with Crippen molar-refractivity contribution in [2.24, 2.45) is 0 Å². The number of aromatic nitrogens is 1. The van der Waals surface area contributed by atoms with E-state index in [1.54, 1.807) is 24.3 Å². The highest BCUT2D eigenvalue weighted by molar-refractivity contribution is 7.91. The lowest BCUT2D eigenvalue weighted by molar-refractivity contribution is 0.0771. The van der Waals surface area contributed by atoms with Crippen molar-refractivity contribution < 1.29 is 22.4 Å². The lowest BCUT2D eigenvalue weighted by Crippen LogP contribution is -2.43. The number of benzene rings is 1. The maximum atomic E-state index is 13.2. The molecule has 0 radical (unpaired) electrons. The third-order valence-corrected chi connectivity index (χ3v) is 8.23. The first-order valence-electron chi connectivity index (χ1n) is 10.1. The molecule has 11 heteroatoms. The summed E-state index contributed by atoms with van der Waals surface area (Å²) in [5, 5.41) is 5.96. The molecule has 1 aliphatic rings. The third-order valence-electron chi connectivity index (χ3n) is 5.15. The van der Waals surface area contributed by atoms with E-state index in [1.165, 1.54) is 22.6 Å². The average Bonchev–Trinajstić information content (AvgIpc) is 3.33. The summed E-state index contributed by atoms with van der Waals surface area (Å²) in [5.41, 5.74) is 1.90. The summed E-state index contributed by atoms with van der Waals surface area (Å²) in [6, 6.07) is 6.38. The highest BCUT2D eigenvalue weighted by atomic mass is 32.2. The van der Waals surface area contributed by atoms with Gasteiger partial charge in [-0.25, -0.2) is 18.2 Å². The Morgan fingerprint density at radius 3 is 2.53 bits per heavy atom. The van der Waals surface area contributed by atoms with Crippen LogP contribution < -0.4 is 10.6 Å². The summed E-state index contributed by atoms with van der Waals surface area (Å²) in [4.78, 5) is 32.4. The van der Waals surface area contributed by atoms with Crippen LogP contribution in [0.5, 0.6) is 0 Å². The first-order valence-corrected chi connectivity index (χ1v) is 12.7. The van der Waals surface area contributed by atoms with E-state index in [9.17, 15) is 18.0 Å². The van der Waals surface area contributed by atoms with Crippen LogP contribution in [-0.2, 0) is 15.3 Å². The molecule has 0 saturated carbocycles. The quantitative estimate of drug-likeness (QED) is 0.594. The minimum absolute atomic E-state index is 0.0528. The molecule has 2 N–H and O–H groups in total. The van der Waals surface area contributed by atoms with Crippen LogP contribution in [0.25, 0.3) is 11.1 Å². The molecule has 0 spiro atoms. The zero-order valence-electron chi connectivity index (χ0n) is 18.0. The summed E-state index contributed by atoms with van der Waals surface area (Å²) in [5.74, 6) is -0.392. The fraction of sp³-hybridized carbons (Fsp3) is 0.381. The molecule has 0 unspecified atom stereocenters. The Balaban J connectivity index is 1.55. The van der Waals surface area contributed by atoms with Crippen molar-refractivity contribution in [2.45, 2.75) is 26.2 Å². The molecule has 1 aromatic carbocycles. The molecule has 3 amide bonds. The molecule has 1 fully saturated rings. The van der Waals surface area contributed by atoms with E-state index in [-0.39, 0.29) is 35.9 Å². The van der Waals surface area contributed by atoms with Crippen molar-refractivity contribution >= 4 is 54.9 Å². The summed E-state index contributed by atoms with van der Waals surface area (Å²) in [6.45, 7) is 6.36. The van der Waals surface area contributed by atoms with Crippen molar-refractivity contribution in [2.75, 3.05) is 35.2 Å². The zero-order chi connectivity index (χ0) is 23.1. The normalized spacial score (nSPS) is 16.2. The number of hydrogen-bond donors (Lipinski definition) is 2. The Morgan fingerprint density at radius 2 is 1.84 bits per heavy atom. The van der Waals surface area contributed by atoms with Gasteiger partial charge < -0.3 is 14.6 Å². The van der Waals surface area contributed by atoms with Gasteiger partial charge in [-0.05, 0) is 29.7 Å². The van der Waals surface area contributed by atoms with Crippen LogP contribution in [0.15, 0.2) is 35.1 Å². The first kappa shape index (κ1) is 22.3. The fourth-order valence-corrected chi connectivity index (χ4v) is 5.60. The van der Waals surface area contributed by atoms with Crippen molar-refractivity contribution in [1.29, 1.82) is 0 Å². The Morgan fingerprint density at radius 1 is 1.12 bits per heavy atom. The summed E-state index contributed by atoms with van der Waals surface area (Å²) < 4.78 is 28.7. The van der Waals surface area contributed by atoms with E-state index in [4.69, 9.17) is 4.42 Å². The van der Waals surface area contributed by atoms with Crippen LogP contribution in [0.3, 0.4) is 0 Å². The molecule has 32 heavy (non-hydrogen) atoms. The van der Waals surface area contributed by atoms with Gasteiger partial charge in [-0.3, -0.25) is 10.1 Å². The van der Waals surface area contributed by atoms with Gasteiger partial charge in [0, 0.05) is 23.7 Å². The molecule has 3 aromatic rings. The fourth-order valence-electron chi connectivity index (χ4n) is 3.30. The molecule has 3 heterocycles. The monoisotopic (exact) mass is 476 g/mol. The predicted octanol–water partition coefficient (Wildman–Crippen LogP) is 3.70. The Hall–Kier alpha value is -2.92. The van der Waals surface area contributed by atoms with Gasteiger partial charge in [-0.2, -0.15) is 0 Å². The highest BCUT2D eigenvalue weighted by Gasteiger charge is 2.30. The van der Waals surface area contributed by atoms with Crippen LogP contribution in [0.2, 0.25) is 0 Å².